The Morgan fingerprint density at radius 3 is 2.22 bits per heavy atom. The average Bonchev–Trinajstić information content (AvgIpc) is 3.54. The molecule has 0 bridgehead atoms. The van der Waals surface area contributed by atoms with Gasteiger partial charge in [0.05, 0.1) is 0 Å². The van der Waals surface area contributed by atoms with Crippen LogP contribution >= 0.6 is 0 Å². The van der Waals surface area contributed by atoms with Gasteiger partial charge in [0.2, 0.25) is 0 Å². The first kappa shape index (κ1) is 19.2. The molecule has 32 heavy (non-hydrogen) atoms. The van der Waals surface area contributed by atoms with Gasteiger partial charge in [0.15, 0.2) is 0 Å². The highest BCUT2D eigenvalue weighted by Gasteiger charge is 2.76. The summed E-state index contributed by atoms with van der Waals surface area (Å²) in [7, 11) is 0. The third kappa shape index (κ3) is 2.12. The maximum atomic E-state index is 2.63. The zero-order chi connectivity index (χ0) is 20.8. The molecule has 0 radical (unpaired) electrons. The van der Waals surface area contributed by atoms with E-state index in [0.717, 1.165) is 35.0 Å². The lowest BCUT2D eigenvalue weighted by Crippen LogP contribution is -2.55. The first-order chi connectivity index (χ1) is 15.7. The van der Waals surface area contributed by atoms with Crippen molar-refractivity contribution in [1.82, 2.24) is 0 Å². The SMILES string of the molecule is CC1CC2CCC3CC4C5CC6CCCCC6C5CC5C6CCCC6C6(CC(C1)C2C36)C45. The molecule has 0 N–H and O–H groups in total. The molecule has 9 fully saturated rings. The second-order valence-corrected chi connectivity index (χ2v) is 15.7. The van der Waals surface area contributed by atoms with Crippen LogP contribution in [-0.4, -0.2) is 0 Å². The highest BCUT2D eigenvalue weighted by Crippen LogP contribution is 2.82. The van der Waals surface area contributed by atoms with Crippen molar-refractivity contribution in [2.75, 3.05) is 0 Å². The fourth-order valence-electron chi connectivity index (χ4n) is 15.4. The Hall–Kier alpha value is 0. The van der Waals surface area contributed by atoms with Crippen LogP contribution in [0.15, 0.2) is 0 Å². The highest BCUT2D eigenvalue weighted by molar-refractivity contribution is 5.24. The van der Waals surface area contributed by atoms with Crippen LogP contribution in [0.4, 0.5) is 0 Å². The molecule has 0 heteroatoms. The van der Waals surface area contributed by atoms with Gasteiger partial charge in [-0.25, -0.2) is 0 Å². The van der Waals surface area contributed by atoms with Crippen LogP contribution in [0.2, 0.25) is 0 Å². The normalized spacial score (nSPS) is 68.0. The monoisotopic (exact) mass is 432 g/mol. The van der Waals surface area contributed by atoms with Gasteiger partial charge in [-0.2, -0.15) is 0 Å². The van der Waals surface area contributed by atoms with Gasteiger partial charge < -0.3 is 0 Å². The molecule has 0 heterocycles. The second-order valence-electron chi connectivity index (χ2n) is 15.7. The standard InChI is InChI=1S/C32H48/c1-17-11-19-9-10-20-14-26-24-13-18-5-2-3-6-22(18)25(24)15-27-23-7-4-8-28(23)32(31(26)27)16-21(12-17)29(19)30(20)32/h17-31H,2-16H2,1H3. The van der Waals surface area contributed by atoms with Gasteiger partial charge in [0, 0.05) is 0 Å². The van der Waals surface area contributed by atoms with E-state index in [9.17, 15) is 0 Å². The van der Waals surface area contributed by atoms with Crippen molar-refractivity contribution in [3.05, 3.63) is 0 Å². The van der Waals surface area contributed by atoms with Gasteiger partial charge in [-0.1, -0.05) is 32.6 Å². The zero-order valence-electron chi connectivity index (χ0n) is 20.8. The van der Waals surface area contributed by atoms with E-state index in [1.54, 1.807) is 96.3 Å². The quantitative estimate of drug-likeness (QED) is 0.362. The molecule has 16 unspecified atom stereocenters. The van der Waals surface area contributed by atoms with Crippen LogP contribution < -0.4 is 0 Å². The Balaban J connectivity index is 1.18. The molecule has 0 aromatic rings. The van der Waals surface area contributed by atoms with Crippen molar-refractivity contribution < 1.29 is 0 Å². The summed E-state index contributed by atoms with van der Waals surface area (Å²) >= 11 is 0. The minimum atomic E-state index is 0.857. The van der Waals surface area contributed by atoms with E-state index >= 15 is 0 Å². The molecule has 0 aliphatic heterocycles. The largest absolute Gasteiger partial charge is 0.0625 e. The van der Waals surface area contributed by atoms with Crippen molar-refractivity contribution in [2.45, 2.75) is 103 Å². The Labute approximate surface area is 197 Å². The molecule has 9 rings (SSSR count). The van der Waals surface area contributed by atoms with E-state index in [1.165, 1.54) is 59.2 Å². The second kappa shape index (κ2) is 6.40. The molecule has 0 amide bonds. The topological polar surface area (TPSA) is 0 Å². The van der Waals surface area contributed by atoms with Gasteiger partial charge >= 0.3 is 0 Å². The van der Waals surface area contributed by atoms with Gasteiger partial charge in [0.1, 0.15) is 0 Å². The molecule has 9 aliphatic carbocycles. The van der Waals surface area contributed by atoms with Gasteiger partial charge in [-0.05, 0) is 165 Å². The first-order valence-electron chi connectivity index (χ1n) is 15.7. The van der Waals surface area contributed by atoms with Crippen LogP contribution in [0, 0.1) is 94.2 Å². The molecule has 9 aliphatic rings. The smallest absolute Gasteiger partial charge is 0.0196 e. The summed E-state index contributed by atoms with van der Waals surface area (Å²) in [5, 5.41) is 0. The van der Waals surface area contributed by atoms with Crippen molar-refractivity contribution in [2.24, 2.45) is 94.2 Å². The van der Waals surface area contributed by atoms with E-state index in [-0.39, 0.29) is 0 Å². The third-order valence-corrected chi connectivity index (χ3v) is 15.2. The minimum absolute atomic E-state index is 0.857. The molecular weight excluding hydrogens is 384 g/mol. The van der Waals surface area contributed by atoms with Crippen LogP contribution in [0.1, 0.15) is 103 Å². The lowest BCUT2D eigenvalue weighted by molar-refractivity contribution is -0.133. The maximum Gasteiger partial charge on any atom is -0.0196 e. The van der Waals surface area contributed by atoms with E-state index < -0.39 is 0 Å². The van der Waals surface area contributed by atoms with Crippen molar-refractivity contribution in [1.29, 1.82) is 0 Å². The molecule has 0 saturated heterocycles. The van der Waals surface area contributed by atoms with Gasteiger partial charge in [-0.3, -0.25) is 0 Å². The molecule has 9 saturated carbocycles. The van der Waals surface area contributed by atoms with Crippen LogP contribution in [0.5, 0.6) is 0 Å². The molecule has 0 nitrogen and oxygen atoms in total. The van der Waals surface area contributed by atoms with Crippen LogP contribution in [0.3, 0.4) is 0 Å². The van der Waals surface area contributed by atoms with Gasteiger partial charge in [0.25, 0.3) is 0 Å². The summed E-state index contributed by atoms with van der Waals surface area (Å²) in [6.07, 6.45) is 24.7. The Bertz CT molecular complexity index is 798. The summed E-state index contributed by atoms with van der Waals surface area (Å²) in [5.41, 5.74) is 0.857. The first-order valence-corrected chi connectivity index (χ1v) is 15.7. The Morgan fingerprint density at radius 2 is 1.25 bits per heavy atom. The molecule has 176 valence electrons. The number of hydrogen-bond acceptors (Lipinski definition) is 0. The summed E-state index contributed by atoms with van der Waals surface area (Å²) in [6, 6.07) is 0. The lowest BCUT2D eigenvalue weighted by atomic mass is 9.43. The molecule has 0 aromatic carbocycles. The van der Waals surface area contributed by atoms with E-state index in [2.05, 4.69) is 6.92 Å². The van der Waals surface area contributed by atoms with E-state index in [1.807, 2.05) is 0 Å². The van der Waals surface area contributed by atoms with Crippen LogP contribution in [-0.2, 0) is 0 Å². The highest BCUT2D eigenvalue weighted by atomic mass is 14.8. The number of hydrogen-bond donors (Lipinski definition) is 0. The maximum absolute atomic E-state index is 2.63. The average molecular weight is 433 g/mol. The predicted octanol–water partition coefficient (Wildman–Crippen LogP) is 8.21. The Kier molecular flexibility index (Phi) is 3.85. The predicted molar refractivity (Wildman–Crippen MR) is 130 cm³/mol. The van der Waals surface area contributed by atoms with Crippen molar-refractivity contribution >= 4 is 0 Å². The van der Waals surface area contributed by atoms with Crippen molar-refractivity contribution in [3.63, 3.8) is 0 Å². The number of rotatable bonds is 0. The summed E-state index contributed by atoms with van der Waals surface area (Å²) < 4.78 is 0. The van der Waals surface area contributed by atoms with Gasteiger partial charge in [-0.15, -0.1) is 0 Å². The van der Waals surface area contributed by atoms with E-state index in [0.29, 0.717) is 0 Å². The molecule has 16 atom stereocenters. The van der Waals surface area contributed by atoms with Crippen molar-refractivity contribution in [3.8, 4) is 0 Å². The van der Waals surface area contributed by atoms with E-state index in [4.69, 9.17) is 0 Å². The third-order valence-electron chi connectivity index (χ3n) is 15.2. The summed E-state index contributed by atoms with van der Waals surface area (Å²) in [5.74, 6) is 17.5. The van der Waals surface area contributed by atoms with Crippen LogP contribution in [0.25, 0.3) is 0 Å². The molecular formula is C32H48. The molecule has 0 aromatic heterocycles. The zero-order valence-corrected chi connectivity index (χ0v) is 20.8. The Morgan fingerprint density at radius 1 is 0.500 bits per heavy atom. The minimum Gasteiger partial charge on any atom is -0.0625 e. The summed E-state index contributed by atoms with van der Waals surface area (Å²) in [4.78, 5) is 0. The lowest BCUT2D eigenvalue weighted by Gasteiger charge is -2.61. The fourth-order valence-corrected chi connectivity index (χ4v) is 15.4. The number of fused-ring (bicyclic) bond motifs is 6. The fraction of sp³-hybridized carbons (Fsp3) is 1.00. The molecule has 1 spiro atoms. The summed E-state index contributed by atoms with van der Waals surface area (Å²) in [6.45, 7) is 2.63.